The molecule has 3 heterocycles. The Balaban J connectivity index is 1.61. The summed E-state index contributed by atoms with van der Waals surface area (Å²) in [4.78, 5) is 26.2. The Bertz CT molecular complexity index is 722. The number of piperidine rings is 1. The maximum Gasteiger partial charge on any atom is 0.246 e. The van der Waals surface area contributed by atoms with E-state index in [0.29, 0.717) is 12.0 Å². The molecule has 0 bridgehead atoms. The number of hydrogen-bond donors (Lipinski definition) is 1. The largest absolute Gasteiger partial charge is 0.375 e. The van der Waals surface area contributed by atoms with Gasteiger partial charge in [-0.15, -0.1) is 0 Å². The Hall–Kier alpha value is -1.73. The Morgan fingerprint density at radius 2 is 2.19 bits per heavy atom. The minimum atomic E-state index is -0.0211. The molecule has 7 nitrogen and oxygen atoms in total. The first-order valence-electron chi connectivity index (χ1n) is 9.99. The van der Waals surface area contributed by atoms with E-state index in [1.54, 1.807) is 13.4 Å². The summed E-state index contributed by atoms with van der Waals surface area (Å²) < 4.78 is 5.00. The van der Waals surface area contributed by atoms with E-state index in [4.69, 9.17) is 9.72 Å². The average molecular weight is 374 g/mol. The molecule has 3 unspecified atom stereocenters. The zero-order valence-electron chi connectivity index (χ0n) is 16.9. The van der Waals surface area contributed by atoms with Gasteiger partial charge in [-0.05, 0) is 19.9 Å². The van der Waals surface area contributed by atoms with Crippen molar-refractivity contribution >= 4 is 11.7 Å². The van der Waals surface area contributed by atoms with Crippen molar-refractivity contribution in [3.63, 3.8) is 0 Å². The lowest BCUT2D eigenvalue weighted by Gasteiger charge is -2.64. The second kappa shape index (κ2) is 7.02. The lowest BCUT2D eigenvalue weighted by molar-refractivity contribution is -0.131. The number of nitrogens with zero attached hydrogens (tertiary/aromatic N) is 4. The van der Waals surface area contributed by atoms with Gasteiger partial charge < -0.3 is 19.9 Å². The monoisotopic (exact) mass is 373 g/mol. The maximum atomic E-state index is 12.1. The molecule has 1 aliphatic carbocycles. The van der Waals surface area contributed by atoms with E-state index in [1.165, 1.54) is 11.3 Å². The number of fused-ring (bicyclic) bond motifs is 2. The van der Waals surface area contributed by atoms with Crippen LogP contribution in [0.1, 0.15) is 37.9 Å². The molecule has 3 aliphatic rings. The predicted molar refractivity (Wildman–Crippen MR) is 104 cm³/mol. The molecule has 2 fully saturated rings. The number of anilines is 1. The summed E-state index contributed by atoms with van der Waals surface area (Å²) in [5, 5.41) is 3.22. The lowest BCUT2D eigenvalue weighted by atomic mass is 9.52. The molecule has 27 heavy (non-hydrogen) atoms. The molecule has 148 valence electrons. The fourth-order valence-electron chi connectivity index (χ4n) is 5.53. The Morgan fingerprint density at radius 3 is 2.96 bits per heavy atom. The fourth-order valence-corrected chi connectivity index (χ4v) is 5.53. The highest BCUT2D eigenvalue weighted by Gasteiger charge is 2.60. The lowest BCUT2D eigenvalue weighted by Crippen LogP contribution is -2.75. The van der Waals surface area contributed by atoms with Gasteiger partial charge in [0.1, 0.15) is 18.8 Å². The standard InChI is InChI=1S/C20H31N5O2/c1-20(2)17(23-16(26)11-27-4)13-6-5-8-25(18(13)20)19-14-10-24(3)9-7-15(14)21-12-22-19/h12-13,17-18H,5-11H2,1-4H3,(H,23,26). The van der Waals surface area contributed by atoms with E-state index in [0.717, 1.165) is 44.7 Å². The molecule has 0 radical (unpaired) electrons. The first-order chi connectivity index (χ1) is 12.9. The molecule has 2 aliphatic heterocycles. The molecular weight excluding hydrogens is 342 g/mol. The minimum absolute atomic E-state index is 0.00705. The number of carbonyl (C=O) groups is 1. The minimum Gasteiger partial charge on any atom is -0.375 e. The molecule has 3 atom stereocenters. The van der Waals surface area contributed by atoms with Crippen LogP contribution in [0, 0.1) is 11.3 Å². The van der Waals surface area contributed by atoms with E-state index in [-0.39, 0.29) is 24.0 Å². The highest BCUT2D eigenvalue weighted by molar-refractivity contribution is 5.78. The summed E-state index contributed by atoms with van der Waals surface area (Å²) in [5.74, 6) is 1.55. The highest BCUT2D eigenvalue weighted by atomic mass is 16.5. The second-order valence-corrected chi connectivity index (χ2v) is 8.85. The van der Waals surface area contributed by atoms with Crippen molar-refractivity contribution in [1.82, 2.24) is 20.2 Å². The number of likely N-dealkylation sites (N-methyl/N-ethyl adjacent to an activating group) is 1. The molecular formula is C20H31N5O2. The summed E-state index contributed by atoms with van der Waals surface area (Å²) in [6, 6.07) is 0.582. The smallest absolute Gasteiger partial charge is 0.246 e. The summed E-state index contributed by atoms with van der Waals surface area (Å²) in [6.45, 7) is 7.65. The Kier molecular flexibility index (Phi) is 4.84. The zero-order valence-corrected chi connectivity index (χ0v) is 16.9. The van der Waals surface area contributed by atoms with Crippen LogP contribution in [0.3, 0.4) is 0 Å². The van der Waals surface area contributed by atoms with Crippen molar-refractivity contribution < 1.29 is 9.53 Å². The molecule has 1 aromatic rings. The fraction of sp³-hybridized carbons (Fsp3) is 0.750. The second-order valence-electron chi connectivity index (χ2n) is 8.85. The van der Waals surface area contributed by atoms with E-state index in [9.17, 15) is 4.79 Å². The third kappa shape index (κ3) is 3.10. The predicted octanol–water partition coefficient (Wildman–Crippen LogP) is 1.22. The number of amides is 1. The van der Waals surface area contributed by atoms with Gasteiger partial charge in [0.15, 0.2) is 0 Å². The van der Waals surface area contributed by atoms with Crippen LogP contribution in [-0.2, 0) is 22.5 Å². The van der Waals surface area contributed by atoms with E-state index in [2.05, 4.69) is 41.0 Å². The summed E-state index contributed by atoms with van der Waals surface area (Å²) in [7, 11) is 3.72. The van der Waals surface area contributed by atoms with Gasteiger partial charge in [0.25, 0.3) is 0 Å². The van der Waals surface area contributed by atoms with Gasteiger partial charge in [-0.3, -0.25) is 4.79 Å². The molecule has 7 heteroatoms. The van der Waals surface area contributed by atoms with Gasteiger partial charge >= 0.3 is 0 Å². The Labute approximate surface area is 161 Å². The zero-order chi connectivity index (χ0) is 19.2. The quantitative estimate of drug-likeness (QED) is 0.856. The highest BCUT2D eigenvalue weighted by Crippen LogP contribution is 2.53. The van der Waals surface area contributed by atoms with Crippen molar-refractivity contribution in [2.24, 2.45) is 11.3 Å². The van der Waals surface area contributed by atoms with Crippen molar-refractivity contribution in [3.8, 4) is 0 Å². The van der Waals surface area contributed by atoms with Crippen LogP contribution < -0.4 is 10.2 Å². The van der Waals surface area contributed by atoms with Gasteiger partial charge in [-0.1, -0.05) is 13.8 Å². The van der Waals surface area contributed by atoms with Gasteiger partial charge in [0, 0.05) is 62.1 Å². The normalized spacial score (nSPS) is 29.5. The van der Waals surface area contributed by atoms with Crippen LogP contribution in [0.5, 0.6) is 0 Å². The number of methoxy groups -OCH3 is 1. The number of carbonyl (C=O) groups excluding carboxylic acids is 1. The van der Waals surface area contributed by atoms with Gasteiger partial charge in [-0.2, -0.15) is 0 Å². The molecule has 1 N–H and O–H groups in total. The van der Waals surface area contributed by atoms with Crippen molar-refractivity contribution in [3.05, 3.63) is 17.6 Å². The van der Waals surface area contributed by atoms with E-state index < -0.39 is 0 Å². The van der Waals surface area contributed by atoms with Gasteiger partial charge in [-0.25, -0.2) is 9.97 Å². The van der Waals surface area contributed by atoms with Crippen LogP contribution in [0.4, 0.5) is 5.82 Å². The summed E-state index contributed by atoms with van der Waals surface area (Å²) in [6.07, 6.45) is 4.99. The van der Waals surface area contributed by atoms with Crippen molar-refractivity contribution in [2.45, 2.75) is 51.7 Å². The number of ether oxygens (including phenoxy) is 1. The van der Waals surface area contributed by atoms with Crippen LogP contribution >= 0.6 is 0 Å². The number of rotatable bonds is 4. The van der Waals surface area contributed by atoms with Crippen LogP contribution in [0.2, 0.25) is 0 Å². The molecule has 4 rings (SSSR count). The first-order valence-corrected chi connectivity index (χ1v) is 9.99. The first kappa shape index (κ1) is 18.6. The van der Waals surface area contributed by atoms with Crippen molar-refractivity contribution in [1.29, 1.82) is 0 Å². The third-order valence-electron chi connectivity index (χ3n) is 6.70. The Morgan fingerprint density at radius 1 is 1.37 bits per heavy atom. The average Bonchev–Trinajstić information content (AvgIpc) is 2.65. The van der Waals surface area contributed by atoms with Gasteiger partial charge in [0.05, 0.1) is 5.69 Å². The van der Waals surface area contributed by atoms with Gasteiger partial charge in [0.2, 0.25) is 5.91 Å². The van der Waals surface area contributed by atoms with E-state index in [1.807, 2.05) is 0 Å². The third-order valence-corrected chi connectivity index (χ3v) is 6.70. The topological polar surface area (TPSA) is 70.6 Å². The van der Waals surface area contributed by atoms with Crippen LogP contribution in [0.15, 0.2) is 6.33 Å². The molecule has 1 saturated carbocycles. The van der Waals surface area contributed by atoms with E-state index >= 15 is 0 Å². The summed E-state index contributed by atoms with van der Waals surface area (Å²) in [5.41, 5.74) is 2.48. The number of nitrogens with one attached hydrogen (secondary N) is 1. The van der Waals surface area contributed by atoms with Crippen LogP contribution in [-0.4, -0.2) is 66.7 Å². The molecule has 0 spiro atoms. The number of hydrogen-bond acceptors (Lipinski definition) is 6. The SMILES string of the molecule is COCC(=O)NC1C2CCCN(c3ncnc4c3CN(C)CC4)C2C1(C)C. The number of aromatic nitrogens is 2. The molecule has 1 saturated heterocycles. The molecule has 0 aromatic carbocycles. The maximum absolute atomic E-state index is 12.1. The van der Waals surface area contributed by atoms with Crippen LogP contribution in [0.25, 0.3) is 0 Å². The molecule has 1 amide bonds. The molecule has 1 aromatic heterocycles. The van der Waals surface area contributed by atoms with Crippen molar-refractivity contribution in [2.75, 3.05) is 38.8 Å². The summed E-state index contributed by atoms with van der Waals surface area (Å²) >= 11 is 0.